The number of esters is 2. The molecule has 0 saturated heterocycles. The van der Waals surface area contributed by atoms with Gasteiger partial charge in [-0.1, -0.05) is 44.2 Å². The van der Waals surface area contributed by atoms with E-state index < -0.39 is 35.8 Å². The SMILES string of the molecule is CC(C)[C@@H](C(=O)O[C@H](C)C(=O)OCc1ccccc1)N(C)C(=O)OC(C)(C)C. The number of ether oxygens (including phenoxy) is 3. The number of likely N-dealkylation sites (N-methyl/N-ethyl adjacent to an activating group) is 1. The summed E-state index contributed by atoms with van der Waals surface area (Å²) >= 11 is 0. The molecule has 156 valence electrons. The molecule has 0 aromatic heterocycles. The van der Waals surface area contributed by atoms with Crippen LogP contribution < -0.4 is 0 Å². The summed E-state index contributed by atoms with van der Waals surface area (Å²) in [6, 6.07) is 8.31. The minimum atomic E-state index is -1.09. The van der Waals surface area contributed by atoms with Crippen molar-refractivity contribution in [2.45, 2.75) is 65.9 Å². The molecular weight excluding hydrogens is 362 g/mol. The molecule has 1 amide bonds. The zero-order valence-corrected chi connectivity index (χ0v) is 17.7. The summed E-state index contributed by atoms with van der Waals surface area (Å²) in [6.45, 7) is 10.3. The molecule has 7 heteroatoms. The van der Waals surface area contributed by atoms with Crippen LogP contribution in [0.4, 0.5) is 4.79 Å². The molecule has 1 aromatic carbocycles. The maximum absolute atomic E-state index is 12.6. The van der Waals surface area contributed by atoms with Crippen LogP contribution in [-0.2, 0) is 30.4 Å². The van der Waals surface area contributed by atoms with Crippen LogP contribution >= 0.6 is 0 Å². The molecule has 0 radical (unpaired) electrons. The maximum atomic E-state index is 12.6. The Morgan fingerprint density at radius 3 is 2.07 bits per heavy atom. The van der Waals surface area contributed by atoms with E-state index in [-0.39, 0.29) is 12.5 Å². The van der Waals surface area contributed by atoms with Crippen LogP contribution in [0.15, 0.2) is 30.3 Å². The van der Waals surface area contributed by atoms with Gasteiger partial charge in [0.05, 0.1) is 0 Å². The zero-order chi connectivity index (χ0) is 21.5. The van der Waals surface area contributed by atoms with Crippen LogP contribution in [0, 0.1) is 5.92 Å². The van der Waals surface area contributed by atoms with Gasteiger partial charge in [-0.05, 0) is 39.2 Å². The molecular formula is C21H31NO6. The number of benzene rings is 1. The minimum Gasteiger partial charge on any atom is -0.458 e. The van der Waals surface area contributed by atoms with E-state index in [0.717, 1.165) is 5.56 Å². The van der Waals surface area contributed by atoms with Crippen molar-refractivity contribution in [3.63, 3.8) is 0 Å². The first-order valence-corrected chi connectivity index (χ1v) is 9.29. The molecule has 28 heavy (non-hydrogen) atoms. The van der Waals surface area contributed by atoms with Crippen LogP contribution in [0.3, 0.4) is 0 Å². The summed E-state index contributed by atoms with van der Waals surface area (Å²) in [5, 5.41) is 0. The molecule has 2 atom stereocenters. The standard InChI is InChI=1S/C21H31NO6/c1-14(2)17(22(7)20(25)28-21(4,5)6)19(24)27-15(3)18(23)26-13-16-11-9-8-10-12-16/h8-12,14-15,17H,13H2,1-7H3/t15-,17+/m1/s1. The van der Waals surface area contributed by atoms with Crippen molar-refractivity contribution in [2.75, 3.05) is 7.05 Å². The largest absolute Gasteiger partial charge is 0.458 e. The van der Waals surface area contributed by atoms with E-state index in [1.54, 1.807) is 34.6 Å². The Morgan fingerprint density at radius 2 is 1.57 bits per heavy atom. The highest BCUT2D eigenvalue weighted by Crippen LogP contribution is 2.17. The summed E-state index contributed by atoms with van der Waals surface area (Å²) in [6.07, 6.45) is -1.73. The third-order valence-corrected chi connectivity index (χ3v) is 3.82. The molecule has 0 aliphatic heterocycles. The quantitative estimate of drug-likeness (QED) is 0.520. The molecule has 0 N–H and O–H groups in total. The van der Waals surface area contributed by atoms with Crippen molar-refractivity contribution >= 4 is 18.0 Å². The summed E-state index contributed by atoms with van der Waals surface area (Å²) in [4.78, 5) is 38.2. The number of nitrogens with zero attached hydrogens (tertiary/aromatic N) is 1. The fourth-order valence-corrected chi connectivity index (χ4v) is 2.46. The second kappa shape index (κ2) is 10.1. The third-order valence-electron chi connectivity index (χ3n) is 3.82. The molecule has 0 unspecified atom stereocenters. The van der Waals surface area contributed by atoms with E-state index in [4.69, 9.17) is 14.2 Å². The highest BCUT2D eigenvalue weighted by atomic mass is 16.6. The summed E-state index contributed by atoms with van der Waals surface area (Å²) in [7, 11) is 1.47. The lowest BCUT2D eigenvalue weighted by atomic mass is 10.0. The van der Waals surface area contributed by atoms with Crippen molar-refractivity contribution in [3.05, 3.63) is 35.9 Å². The molecule has 0 saturated carbocycles. The van der Waals surface area contributed by atoms with E-state index in [0.29, 0.717) is 0 Å². The third kappa shape index (κ3) is 7.58. The average molecular weight is 393 g/mol. The molecule has 1 rings (SSSR count). The fourth-order valence-electron chi connectivity index (χ4n) is 2.46. The second-order valence-corrected chi connectivity index (χ2v) is 7.95. The van der Waals surface area contributed by atoms with Gasteiger partial charge in [0.15, 0.2) is 6.10 Å². The predicted molar refractivity (Wildman–Crippen MR) is 104 cm³/mol. The lowest BCUT2D eigenvalue weighted by molar-refractivity contribution is -0.171. The molecule has 0 spiro atoms. The highest BCUT2D eigenvalue weighted by Gasteiger charge is 2.35. The van der Waals surface area contributed by atoms with Gasteiger partial charge in [0.25, 0.3) is 0 Å². The molecule has 0 heterocycles. The molecule has 0 aliphatic carbocycles. The monoisotopic (exact) mass is 393 g/mol. The van der Waals surface area contributed by atoms with Gasteiger partial charge < -0.3 is 14.2 Å². The Labute approximate surface area is 166 Å². The van der Waals surface area contributed by atoms with Gasteiger partial charge in [0.2, 0.25) is 0 Å². The molecule has 0 aliphatic rings. The number of hydrogen-bond acceptors (Lipinski definition) is 6. The number of amides is 1. The molecule has 7 nitrogen and oxygen atoms in total. The van der Waals surface area contributed by atoms with E-state index in [1.807, 2.05) is 30.3 Å². The van der Waals surface area contributed by atoms with Gasteiger partial charge in [-0.2, -0.15) is 0 Å². The van der Waals surface area contributed by atoms with Crippen molar-refractivity contribution in [1.29, 1.82) is 0 Å². The first kappa shape index (κ1) is 23.5. The minimum absolute atomic E-state index is 0.0903. The van der Waals surface area contributed by atoms with Crippen molar-refractivity contribution in [1.82, 2.24) is 4.90 Å². The molecule has 1 aromatic rings. The summed E-state index contributed by atoms with van der Waals surface area (Å²) in [5.74, 6) is -1.58. The number of carbonyl (C=O) groups is 3. The molecule has 0 fully saturated rings. The van der Waals surface area contributed by atoms with Gasteiger partial charge >= 0.3 is 18.0 Å². The van der Waals surface area contributed by atoms with Gasteiger partial charge in [0, 0.05) is 7.05 Å². The Balaban J connectivity index is 2.69. The highest BCUT2D eigenvalue weighted by molar-refractivity contribution is 5.84. The first-order valence-electron chi connectivity index (χ1n) is 9.29. The summed E-state index contributed by atoms with van der Waals surface area (Å²) < 4.78 is 15.8. The maximum Gasteiger partial charge on any atom is 0.410 e. The normalized spacial score (nSPS) is 13.4. The Morgan fingerprint density at radius 1 is 1.00 bits per heavy atom. The van der Waals surface area contributed by atoms with Crippen LogP contribution in [0.1, 0.15) is 47.1 Å². The smallest absolute Gasteiger partial charge is 0.410 e. The van der Waals surface area contributed by atoms with E-state index in [1.165, 1.54) is 18.9 Å². The topological polar surface area (TPSA) is 82.1 Å². The van der Waals surface area contributed by atoms with Crippen LogP contribution in [0.2, 0.25) is 0 Å². The average Bonchev–Trinajstić information content (AvgIpc) is 2.58. The zero-order valence-electron chi connectivity index (χ0n) is 17.7. The lowest BCUT2D eigenvalue weighted by Gasteiger charge is -2.32. The van der Waals surface area contributed by atoms with Gasteiger partial charge in [-0.3, -0.25) is 4.90 Å². The Kier molecular flexibility index (Phi) is 8.47. The van der Waals surface area contributed by atoms with Crippen molar-refractivity contribution in [3.8, 4) is 0 Å². The predicted octanol–water partition coefficient (Wildman–Crippen LogP) is 3.55. The van der Waals surface area contributed by atoms with Crippen LogP contribution in [0.25, 0.3) is 0 Å². The van der Waals surface area contributed by atoms with Gasteiger partial charge in [0.1, 0.15) is 18.2 Å². The first-order chi connectivity index (χ1) is 12.9. The Bertz CT molecular complexity index is 665. The second-order valence-electron chi connectivity index (χ2n) is 7.95. The lowest BCUT2D eigenvalue weighted by Crippen LogP contribution is -2.49. The number of carbonyl (C=O) groups excluding carboxylic acids is 3. The molecule has 0 bridgehead atoms. The van der Waals surface area contributed by atoms with Crippen molar-refractivity contribution in [2.24, 2.45) is 5.92 Å². The Hall–Kier alpha value is -2.57. The number of hydrogen-bond donors (Lipinski definition) is 0. The fraction of sp³-hybridized carbons (Fsp3) is 0.571. The van der Waals surface area contributed by atoms with E-state index in [9.17, 15) is 14.4 Å². The van der Waals surface area contributed by atoms with Gasteiger partial charge in [-0.15, -0.1) is 0 Å². The van der Waals surface area contributed by atoms with Crippen LogP contribution in [0.5, 0.6) is 0 Å². The van der Waals surface area contributed by atoms with Crippen LogP contribution in [-0.4, -0.2) is 47.7 Å². The van der Waals surface area contributed by atoms with Crippen molar-refractivity contribution < 1.29 is 28.6 Å². The van der Waals surface area contributed by atoms with E-state index >= 15 is 0 Å². The van der Waals surface area contributed by atoms with Gasteiger partial charge in [-0.25, -0.2) is 14.4 Å². The summed E-state index contributed by atoms with van der Waals surface area (Å²) in [5.41, 5.74) is 0.143. The number of rotatable bonds is 7. The van der Waals surface area contributed by atoms with E-state index in [2.05, 4.69) is 0 Å².